The second kappa shape index (κ2) is 7.31. The molecule has 7 heteroatoms. The number of methoxy groups -OCH3 is 1. The van der Waals surface area contributed by atoms with Gasteiger partial charge in [0.1, 0.15) is 5.75 Å². The van der Waals surface area contributed by atoms with E-state index in [2.05, 4.69) is 0 Å². The van der Waals surface area contributed by atoms with Crippen molar-refractivity contribution in [3.05, 3.63) is 69.4 Å². The smallest absolute Gasteiger partial charge is 0.336 e. The van der Waals surface area contributed by atoms with Crippen molar-refractivity contribution in [3.63, 3.8) is 0 Å². The van der Waals surface area contributed by atoms with Crippen molar-refractivity contribution < 1.29 is 4.74 Å². The molecule has 0 N–H and O–H groups in total. The molecule has 3 aromatic carbocycles. The van der Waals surface area contributed by atoms with E-state index in [1.165, 1.54) is 4.57 Å². The molecule has 0 amide bonds. The number of rotatable bonds is 4. The van der Waals surface area contributed by atoms with Crippen molar-refractivity contribution in [1.29, 1.82) is 0 Å². The number of aromatic nitrogens is 2. The minimum absolute atomic E-state index is 0. The highest BCUT2D eigenvalue weighted by Gasteiger charge is 2.20. The third-order valence-corrected chi connectivity index (χ3v) is 5.64. The van der Waals surface area contributed by atoms with Gasteiger partial charge in [-0.1, -0.05) is 30.3 Å². The molecule has 5 aromatic rings. The van der Waals surface area contributed by atoms with Gasteiger partial charge < -0.3 is 9.64 Å². The topological polar surface area (TPSA) is 56.0 Å². The average Bonchev–Trinajstić information content (AvgIpc) is 3.06. The van der Waals surface area contributed by atoms with Crippen molar-refractivity contribution in [3.8, 4) is 5.75 Å². The van der Waals surface area contributed by atoms with Gasteiger partial charge in [-0.25, -0.2) is 4.79 Å². The first-order valence-corrected chi connectivity index (χ1v) is 9.56. The maximum atomic E-state index is 13.4. The van der Waals surface area contributed by atoms with Gasteiger partial charge in [0.2, 0.25) is 0 Å². The molecule has 0 saturated heterocycles. The molecule has 0 aliphatic carbocycles. The molecule has 0 unspecified atom stereocenters. The summed E-state index contributed by atoms with van der Waals surface area (Å²) in [5, 5.41) is 4.37. The van der Waals surface area contributed by atoms with Crippen LogP contribution >= 0.6 is 12.4 Å². The van der Waals surface area contributed by atoms with Gasteiger partial charge in [0.15, 0.2) is 0 Å². The molecule has 6 nitrogen and oxygen atoms in total. The molecular formula is C23H22ClN3O3. The molecule has 0 bridgehead atoms. The van der Waals surface area contributed by atoms with Gasteiger partial charge in [-0.05, 0) is 37.7 Å². The summed E-state index contributed by atoms with van der Waals surface area (Å²) < 4.78 is 8.65. The first-order valence-electron chi connectivity index (χ1n) is 9.56. The number of benzene rings is 3. The molecule has 0 fully saturated rings. The van der Waals surface area contributed by atoms with E-state index in [1.54, 1.807) is 17.6 Å². The second-order valence-electron chi connectivity index (χ2n) is 7.60. The van der Waals surface area contributed by atoms with Crippen molar-refractivity contribution >= 4 is 50.4 Å². The van der Waals surface area contributed by atoms with Gasteiger partial charge in [0, 0.05) is 29.2 Å². The standard InChI is InChI=1S/C23H21N3O3.ClH/c1-24(2)12-13-25-22(27)16-8-5-7-15-20-17(26(21(15)16)23(25)28)11-10-14-6-4-9-18(29-3)19(14)20;/h4-11H,12-13H2,1-3H3;1H. The first kappa shape index (κ1) is 20.2. The van der Waals surface area contributed by atoms with Crippen LogP contribution in [0.2, 0.25) is 0 Å². The summed E-state index contributed by atoms with van der Waals surface area (Å²) in [5.41, 5.74) is 0.924. The van der Waals surface area contributed by atoms with Crippen LogP contribution in [0.25, 0.3) is 38.0 Å². The van der Waals surface area contributed by atoms with Crippen molar-refractivity contribution in [2.45, 2.75) is 6.54 Å². The van der Waals surface area contributed by atoms with Crippen LogP contribution < -0.4 is 16.0 Å². The quantitative estimate of drug-likeness (QED) is 0.445. The van der Waals surface area contributed by atoms with E-state index < -0.39 is 0 Å². The third-order valence-electron chi connectivity index (χ3n) is 5.64. The van der Waals surface area contributed by atoms with Crippen LogP contribution in [0.15, 0.2) is 58.1 Å². The number of para-hydroxylation sites is 1. The summed E-state index contributed by atoms with van der Waals surface area (Å²) in [4.78, 5) is 28.5. The number of halogens is 1. The monoisotopic (exact) mass is 423 g/mol. The number of likely N-dealkylation sites (N-methyl/N-ethyl adjacent to an activating group) is 1. The Balaban J connectivity index is 0.00000218. The molecule has 0 spiro atoms. The van der Waals surface area contributed by atoms with E-state index in [1.807, 2.05) is 61.5 Å². The first-order chi connectivity index (χ1) is 14.0. The second-order valence-corrected chi connectivity index (χ2v) is 7.60. The summed E-state index contributed by atoms with van der Waals surface area (Å²) in [6.07, 6.45) is 0. The van der Waals surface area contributed by atoms with Gasteiger partial charge in [-0.15, -0.1) is 12.4 Å². The summed E-state index contributed by atoms with van der Waals surface area (Å²) in [5.74, 6) is 0.750. The van der Waals surface area contributed by atoms with Gasteiger partial charge >= 0.3 is 5.69 Å². The van der Waals surface area contributed by atoms with Gasteiger partial charge in [0.05, 0.1) is 23.5 Å². The van der Waals surface area contributed by atoms with E-state index in [9.17, 15) is 9.59 Å². The average molecular weight is 424 g/mol. The molecule has 2 heterocycles. The Bertz CT molecular complexity index is 1520. The molecule has 30 heavy (non-hydrogen) atoms. The summed E-state index contributed by atoms with van der Waals surface area (Å²) >= 11 is 0. The van der Waals surface area contributed by atoms with Crippen molar-refractivity contribution in [2.75, 3.05) is 27.7 Å². The third kappa shape index (κ3) is 2.68. The lowest BCUT2D eigenvalue weighted by atomic mass is 10.0. The van der Waals surface area contributed by atoms with Crippen LogP contribution in [0.5, 0.6) is 5.75 Å². The lowest BCUT2D eigenvalue weighted by Crippen LogP contribution is -2.39. The largest absolute Gasteiger partial charge is 0.496 e. The molecule has 0 aliphatic heterocycles. The van der Waals surface area contributed by atoms with Crippen LogP contribution in [0, 0.1) is 0 Å². The zero-order valence-electron chi connectivity index (χ0n) is 17.0. The Labute approximate surface area is 178 Å². The Morgan fingerprint density at radius 1 is 0.933 bits per heavy atom. The van der Waals surface area contributed by atoms with Crippen LogP contribution in [0.4, 0.5) is 0 Å². The molecule has 0 saturated carbocycles. The number of ether oxygens (including phenoxy) is 1. The lowest BCUT2D eigenvalue weighted by Gasteiger charge is -2.12. The molecule has 0 atom stereocenters. The van der Waals surface area contributed by atoms with Gasteiger partial charge in [-0.3, -0.25) is 13.8 Å². The highest BCUT2D eigenvalue weighted by Crippen LogP contribution is 2.38. The Kier molecular flexibility index (Phi) is 4.92. The number of fused-ring (bicyclic) bond motifs is 5. The summed E-state index contributed by atoms with van der Waals surface area (Å²) in [7, 11) is 5.50. The zero-order valence-corrected chi connectivity index (χ0v) is 17.8. The molecule has 2 aromatic heterocycles. The highest BCUT2D eigenvalue weighted by atomic mass is 35.5. The lowest BCUT2D eigenvalue weighted by molar-refractivity contribution is 0.376. The van der Waals surface area contributed by atoms with Gasteiger partial charge in [-0.2, -0.15) is 0 Å². The fourth-order valence-corrected chi connectivity index (χ4v) is 4.29. The van der Waals surface area contributed by atoms with Crippen LogP contribution in [-0.4, -0.2) is 41.6 Å². The Morgan fingerprint density at radius 2 is 1.67 bits per heavy atom. The molecular weight excluding hydrogens is 402 g/mol. The van der Waals surface area contributed by atoms with E-state index in [4.69, 9.17) is 4.74 Å². The number of hydrogen-bond donors (Lipinski definition) is 0. The Morgan fingerprint density at radius 3 is 2.40 bits per heavy atom. The SMILES string of the molecule is COc1cccc2ccc3c(c4cccc5c(=O)n(CCN(C)C)c(=O)n3c54)c12.Cl. The molecule has 5 rings (SSSR count). The fraction of sp³-hybridized carbons (Fsp3) is 0.217. The number of nitrogens with zero attached hydrogens (tertiary/aromatic N) is 3. The van der Waals surface area contributed by atoms with Crippen LogP contribution in [0.3, 0.4) is 0 Å². The summed E-state index contributed by atoms with van der Waals surface area (Å²) in [6.45, 7) is 0.954. The maximum Gasteiger partial charge on any atom is 0.336 e. The van der Waals surface area contributed by atoms with Gasteiger partial charge in [0.25, 0.3) is 5.56 Å². The maximum absolute atomic E-state index is 13.4. The van der Waals surface area contributed by atoms with Crippen molar-refractivity contribution in [2.24, 2.45) is 0 Å². The molecule has 0 radical (unpaired) electrons. The molecule has 154 valence electrons. The normalized spacial score (nSPS) is 11.7. The fourth-order valence-electron chi connectivity index (χ4n) is 4.29. The molecule has 0 aliphatic rings. The zero-order chi connectivity index (χ0) is 20.3. The number of hydrogen-bond acceptors (Lipinski definition) is 4. The van der Waals surface area contributed by atoms with E-state index >= 15 is 0 Å². The van der Waals surface area contributed by atoms with E-state index in [0.717, 1.165) is 32.8 Å². The predicted molar refractivity (Wildman–Crippen MR) is 124 cm³/mol. The van der Waals surface area contributed by atoms with E-state index in [0.29, 0.717) is 24.0 Å². The highest BCUT2D eigenvalue weighted by molar-refractivity contribution is 6.24. The van der Waals surface area contributed by atoms with E-state index in [-0.39, 0.29) is 23.7 Å². The Hall–Kier alpha value is -3.09. The predicted octanol–water partition coefficient (Wildman–Crippen LogP) is 3.35. The minimum atomic E-state index is -0.301. The van der Waals surface area contributed by atoms with Crippen molar-refractivity contribution in [1.82, 2.24) is 13.9 Å². The van der Waals surface area contributed by atoms with Crippen LogP contribution in [-0.2, 0) is 6.54 Å². The van der Waals surface area contributed by atoms with Crippen LogP contribution in [0.1, 0.15) is 0 Å². The summed E-state index contributed by atoms with van der Waals surface area (Å²) in [6, 6.07) is 15.5. The minimum Gasteiger partial charge on any atom is -0.496 e.